The highest BCUT2D eigenvalue weighted by molar-refractivity contribution is 5.97. The molecule has 5 aromatic rings. The molecule has 0 spiro atoms. The molecule has 2 aromatic carbocycles. The Morgan fingerprint density at radius 1 is 1.03 bits per heavy atom. The molecule has 0 aliphatic rings. The predicted molar refractivity (Wildman–Crippen MR) is 124 cm³/mol. The van der Waals surface area contributed by atoms with Crippen LogP contribution in [0.25, 0.3) is 28.5 Å². The molecule has 0 unspecified atom stereocenters. The molecule has 32 heavy (non-hydrogen) atoms. The number of rotatable bonds is 6. The van der Waals surface area contributed by atoms with E-state index < -0.39 is 0 Å². The number of nitrogens with one attached hydrogen (secondary N) is 3. The van der Waals surface area contributed by atoms with Gasteiger partial charge in [-0.25, -0.2) is 15.0 Å². The molecule has 8 nitrogen and oxygen atoms in total. The van der Waals surface area contributed by atoms with Gasteiger partial charge in [-0.1, -0.05) is 12.1 Å². The number of carbonyl (C=O) groups excluding carboxylic acids is 1. The molecule has 0 aliphatic carbocycles. The van der Waals surface area contributed by atoms with E-state index in [9.17, 15) is 4.79 Å². The Kier molecular flexibility index (Phi) is 5.09. The van der Waals surface area contributed by atoms with Crippen LogP contribution in [0.2, 0.25) is 0 Å². The Bertz CT molecular complexity index is 1390. The monoisotopic (exact) mass is 423 g/mol. The van der Waals surface area contributed by atoms with Gasteiger partial charge in [-0.2, -0.15) is 0 Å². The number of nitrogens with zero attached hydrogens (tertiary/aromatic N) is 4. The summed E-state index contributed by atoms with van der Waals surface area (Å²) in [6, 6.07) is 19.0. The number of benzene rings is 2. The molecule has 0 bridgehead atoms. The molecule has 3 heterocycles. The fourth-order valence-electron chi connectivity index (χ4n) is 3.56. The van der Waals surface area contributed by atoms with Crippen LogP contribution in [-0.4, -0.2) is 37.5 Å². The van der Waals surface area contributed by atoms with Gasteiger partial charge in [-0.15, -0.1) is 0 Å². The maximum absolute atomic E-state index is 12.7. The van der Waals surface area contributed by atoms with E-state index in [1.54, 1.807) is 24.5 Å². The van der Waals surface area contributed by atoms with E-state index in [-0.39, 0.29) is 5.91 Å². The topological polar surface area (TPSA) is 101 Å². The van der Waals surface area contributed by atoms with Crippen molar-refractivity contribution in [1.82, 2.24) is 29.8 Å². The van der Waals surface area contributed by atoms with Crippen molar-refractivity contribution >= 4 is 22.6 Å². The van der Waals surface area contributed by atoms with Crippen LogP contribution < -0.4 is 10.6 Å². The molecule has 3 aromatic heterocycles. The van der Waals surface area contributed by atoms with Crippen molar-refractivity contribution in [3.05, 3.63) is 90.4 Å². The molecule has 1 amide bonds. The Hall–Kier alpha value is -4.46. The molecule has 0 saturated heterocycles. The summed E-state index contributed by atoms with van der Waals surface area (Å²) < 4.78 is 1.87. The summed E-state index contributed by atoms with van der Waals surface area (Å²) in [6.07, 6.45) is 5.29. The highest BCUT2D eigenvalue weighted by Gasteiger charge is 2.14. The molecule has 5 rings (SSSR count). The SMILES string of the molecule is CNc1cccc(CNC(=O)c2ccc3nc(-c4cccn4-c4ncccn4)[nH]c3c2)c1. The molecule has 0 fully saturated rings. The lowest BCUT2D eigenvalue weighted by molar-refractivity contribution is 0.0951. The zero-order valence-electron chi connectivity index (χ0n) is 17.4. The van der Waals surface area contributed by atoms with E-state index in [2.05, 4.69) is 30.6 Å². The minimum Gasteiger partial charge on any atom is -0.388 e. The molecule has 0 aliphatic heterocycles. The van der Waals surface area contributed by atoms with Crippen molar-refractivity contribution in [3.8, 4) is 17.5 Å². The molecule has 0 atom stereocenters. The van der Waals surface area contributed by atoms with E-state index >= 15 is 0 Å². The second-order valence-corrected chi connectivity index (χ2v) is 7.26. The maximum Gasteiger partial charge on any atom is 0.251 e. The minimum atomic E-state index is -0.140. The Morgan fingerprint density at radius 2 is 1.91 bits per heavy atom. The highest BCUT2D eigenvalue weighted by Crippen LogP contribution is 2.23. The van der Waals surface area contributed by atoms with Crippen LogP contribution in [0.15, 0.2) is 79.3 Å². The number of aromatic amines is 1. The van der Waals surface area contributed by atoms with Crippen molar-refractivity contribution in [2.75, 3.05) is 12.4 Å². The number of anilines is 1. The number of fused-ring (bicyclic) bond motifs is 1. The van der Waals surface area contributed by atoms with Crippen LogP contribution in [-0.2, 0) is 6.54 Å². The number of imidazole rings is 1. The number of amides is 1. The summed E-state index contributed by atoms with van der Waals surface area (Å²) in [7, 11) is 1.87. The summed E-state index contributed by atoms with van der Waals surface area (Å²) in [5.41, 5.74) is 5.00. The largest absolute Gasteiger partial charge is 0.388 e. The van der Waals surface area contributed by atoms with Crippen molar-refractivity contribution in [2.45, 2.75) is 6.54 Å². The lowest BCUT2D eigenvalue weighted by Crippen LogP contribution is -2.22. The average molecular weight is 423 g/mol. The Labute approximate surface area is 184 Å². The molecule has 0 radical (unpaired) electrons. The summed E-state index contributed by atoms with van der Waals surface area (Å²) in [6.45, 7) is 0.450. The summed E-state index contributed by atoms with van der Waals surface area (Å²) >= 11 is 0. The van der Waals surface area contributed by atoms with Crippen molar-refractivity contribution in [1.29, 1.82) is 0 Å². The van der Waals surface area contributed by atoms with Crippen LogP contribution in [0.5, 0.6) is 0 Å². The van der Waals surface area contributed by atoms with Gasteiger partial charge in [0, 0.05) is 43.4 Å². The lowest BCUT2D eigenvalue weighted by atomic mass is 10.1. The van der Waals surface area contributed by atoms with Crippen molar-refractivity contribution in [3.63, 3.8) is 0 Å². The minimum absolute atomic E-state index is 0.140. The standard InChI is InChI=1S/C24H21N7O/c1-25-18-6-2-5-16(13-18)15-28-23(32)17-8-9-19-20(14-17)30-22(29-19)21-7-3-12-31(21)24-26-10-4-11-27-24/h2-14,25H,15H2,1H3,(H,28,32)(H,29,30). The first-order valence-electron chi connectivity index (χ1n) is 10.2. The quantitative estimate of drug-likeness (QED) is 0.386. The van der Waals surface area contributed by atoms with E-state index in [1.807, 2.05) is 66.3 Å². The third-order valence-corrected chi connectivity index (χ3v) is 5.17. The first-order chi connectivity index (χ1) is 15.7. The highest BCUT2D eigenvalue weighted by atomic mass is 16.1. The summed E-state index contributed by atoms with van der Waals surface area (Å²) in [5.74, 6) is 1.10. The number of hydrogen-bond acceptors (Lipinski definition) is 5. The van der Waals surface area contributed by atoms with E-state index in [0.29, 0.717) is 23.9 Å². The zero-order valence-corrected chi connectivity index (χ0v) is 17.4. The van der Waals surface area contributed by atoms with Gasteiger partial charge in [0.1, 0.15) is 0 Å². The number of carbonyl (C=O) groups is 1. The van der Waals surface area contributed by atoms with Gasteiger partial charge in [-0.05, 0) is 54.1 Å². The Balaban J connectivity index is 1.38. The predicted octanol–water partition coefficient (Wildman–Crippen LogP) is 3.78. The van der Waals surface area contributed by atoms with E-state index in [0.717, 1.165) is 28.0 Å². The van der Waals surface area contributed by atoms with Crippen molar-refractivity contribution in [2.24, 2.45) is 0 Å². The van der Waals surface area contributed by atoms with Crippen LogP contribution >= 0.6 is 0 Å². The summed E-state index contributed by atoms with van der Waals surface area (Å²) in [4.78, 5) is 29.3. The molecule has 3 N–H and O–H groups in total. The fraction of sp³-hybridized carbons (Fsp3) is 0.0833. The van der Waals surface area contributed by atoms with Gasteiger partial charge in [0.25, 0.3) is 5.91 Å². The third kappa shape index (κ3) is 3.81. The second-order valence-electron chi connectivity index (χ2n) is 7.26. The molecule has 8 heteroatoms. The average Bonchev–Trinajstić information content (AvgIpc) is 3.49. The van der Waals surface area contributed by atoms with Crippen molar-refractivity contribution < 1.29 is 4.79 Å². The zero-order chi connectivity index (χ0) is 21.9. The molecule has 0 saturated carbocycles. The number of H-pyrrole nitrogens is 1. The first kappa shape index (κ1) is 19.5. The van der Waals surface area contributed by atoms with Gasteiger partial charge >= 0.3 is 0 Å². The second kappa shape index (κ2) is 8.35. The lowest BCUT2D eigenvalue weighted by Gasteiger charge is -2.07. The van der Waals surface area contributed by atoms with Crippen LogP contribution in [0, 0.1) is 0 Å². The van der Waals surface area contributed by atoms with Crippen LogP contribution in [0.1, 0.15) is 15.9 Å². The van der Waals surface area contributed by atoms with Crippen LogP contribution in [0.3, 0.4) is 0 Å². The van der Waals surface area contributed by atoms with Gasteiger partial charge in [0.2, 0.25) is 5.95 Å². The van der Waals surface area contributed by atoms with Crippen LogP contribution in [0.4, 0.5) is 5.69 Å². The fourth-order valence-corrected chi connectivity index (χ4v) is 3.56. The molecule has 158 valence electrons. The maximum atomic E-state index is 12.7. The van der Waals surface area contributed by atoms with E-state index in [4.69, 9.17) is 0 Å². The normalized spacial score (nSPS) is 10.9. The first-order valence-corrected chi connectivity index (χ1v) is 10.2. The molecular weight excluding hydrogens is 402 g/mol. The van der Waals surface area contributed by atoms with Gasteiger partial charge in [0.15, 0.2) is 5.82 Å². The smallest absolute Gasteiger partial charge is 0.251 e. The molecular formula is C24H21N7O. The Morgan fingerprint density at radius 3 is 2.75 bits per heavy atom. The summed E-state index contributed by atoms with van der Waals surface area (Å²) in [5, 5.41) is 6.08. The number of hydrogen-bond donors (Lipinski definition) is 3. The van der Waals surface area contributed by atoms with Gasteiger partial charge < -0.3 is 15.6 Å². The van der Waals surface area contributed by atoms with E-state index in [1.165, 1.54) is 0 Å². The van der Waals surface area contributed by atoms with Gasteiger partial charge in [-0.3, -0.25) is 9.36 Å². The number of aromatic nitrogens is 5. The third-order valence-electron chi connectivity index (χ3n) is 5.17. The van der Waals surface area contributed by atoms with Gasteiger partial charge in [0.05, 0.1) is 16.7 Å².